The summed E-state index contributed by atoms with van der Waals surface area (Å²) in [7, 11) is -2.31. The fourth-order valence-electron chi connectivity index (χ4n) is 5.84. The Hall–Kier alpha value is -2.46. The highest BCUT2D eigenvalue weighted by Crippen LogP contribution is 2.41. The predicted octanol–water partition coefficient (Wildman–Crippen LogP) is 1.48. The second-order valence-electron chi connectivity index (χ2n) is 9.86. The molecule has 0 radical (unpaired) electrons. The predicted molar refractivity (Wildman–Crippen MR) is 125 cm³/mol. The number of carbonyl (C=O) groups is 3. The van der Waals surface area contributed by atoms with Crippen LogP contribution in [0, 0.1) is 11.8 Å². The summed E-state index contributed by atoms with van der Waals surface area (Å²) in [6.07, 6.45) is 3.22. The Morgan fingerprint density at radius 3 is 2.38 bits per heavy atom. The maximum Gasteiger partial charge on any atom is 0.323 e. The zero-order valence-electron chi connectivity index (χ0n) is 20.1. The summed E-state index contributed by atoms with van der Waals surface area (Å²) in [5.41, 5.74) is 1.49. The normalized spacial score (nSPS) is 27.5. The molecule has 0 aliphatic carbocycles. The molecule has 3 aliphatic rings. The Bertz CT molecular complexity index is 1070. The van der Waals surface area contributed by atoms with Crippen molar-refractivity contribution < 1.29 is 27.5 Å². The van der Waals surface area contributed by atoms with Crippen LogP contribution in [-0.4, -0.2) is 84.9 Å². The van der Waals surface area contributed by atoms with E-state index in [1.54, 1.807) is 17.0 Å². The maximum atomic E-state index is 13.4. The number of hydrogen-bond acceptors (Lipinski definition) is 7. The highest BCUT2D eigenvalue weighted by atomic mass is 32.2. The van der Waals surface area contributed by atoms with Gasteiger partial charge >= 0.3 is 5.97 Å². The van der Waals surface area contributed by atoms with Gasteiger partial charge in [0.2, 0.25) is 15.9 Å². The number of nitrogens with zero attached hydrogens (tertiary/aromatic N) is 3. The standard InChI is InChI=1S/C24H33N3O6S/c1-15(2)20-21-18(27(23(20)29)34(4,31)32)11-13-26(21)22(28)17-9-7-16(8-10-17)14-25-12-5-6-19(25)24(30)33-3/h7-10,15,18-21H,5-6,11-14H2,1-4H3/t18-,19-,20+,21-/m0/s1. The summed E-state index contributed by atoms with van der Waals surface area (Å²) in [5, 5.41) is 0. The van der Waals surface area contributed by atoms with Gasteiger partial charge in [-0.1, -0.05) is 26.0 Å². The molecule has 0 unspecified atom stereocenters. The molecular formula is C24H33N3O6S. The van der Waals surface area contributed by atoms with Crippen molar-refractivity contribution in [3.05, 3.63) is 35.4 Å². The summed E-state index contributed by atoms with van der Waals surface area (Å²) < 4.78 is 30.6. The SMILES string of the molecule is COC(=O)[C@@H]1CCCN1Cc1ccc(C(=O)N2CC[C@H]3[C@H]2[C@@H](C(C)C)C(=O)N3S(C)(=O)=O)cc1. The van der Waals surface area contributed by atoms with Crippen LogP contribution in [0.4, 0.5) is 0 Å². The van der Waals surface area contributed by atoms with Crippen molar-refractivity contribution in [1.29, 1.82) is 0 Å². The van der Waals surface area contributed by atoms with Crippen LogP contribution in [0.5, 0.6) is 0 Å². The summed E-state index contributed by atoms with van der Waals surface area (Å²) in [6, 6.07) is 6.10. The van der Waals surface area contributed by atoms with Crippen LogP contribution in [0.2, 0.25) is 0 Å². The minimum Gasteiger partial charge on any atom is -0.468 e. The van der Waals surface area contributed by atoms with Crippen molar-refractivity contribution in [2.45, 2.75) is 57.8 Å². The van der Waals surface area contributed by atoms with Crippen molar-refractivity contribution in [3.63, 3.8) is 0 Å². The molecule has 0 spiro atoms. The van der Waals surface area contributed by atoms with E-state index in [2.05, 4.69) is 4.90 Å². The Kier molecular flexibility index (Phi) is 6.74. The second kappa shape index (κ2) is 9.30. The van der Waals surface area contributed by atoms with E-state index in [1.807, 2.05) is 26.0 Å². The number of sulfonamides is 1. The van der Waals surface area contributed by atoms with E-state index in [0.29, 0.717) is 25.1 Å². The van der Waals surface area contributed by atoms with Gasteiger partial charge in [0.05, 0.1) is 31.4 Å². The number of benzene rings is 1. The molecule has 186 valence electrons. The van der Waals surface area contributed by atoms with Crippen LogP contribution in [-0.2, 0) is 30.9 Å². The van der Waals surface area contributed by atoms with Crippen LogP contribution >= 0.6 is 0 Å². The molecule has 3 heterocycles. The number of methoxy groups -OCH3 is 1. The van der Waals surface area contributed by atoms with Crippen molar-refractivity contribution in [2.75, 3.05) is 26.5 Å². The van der Waals surface area contributed by atoms with Gasteiger partial charge in [-0.2, -0.15) is 0 Å². The van der Waals surface area contributed by atoms with Crippen molar-refractivity contribution in [1.82, 2.24) is 14.1 Å². The number of carbonyl (C=O) groups excluding carboxylic acids is 3. The molecule has 0 N–H and O–H groups in total. The Morgan fingerprint density at radius 2 is 1.79 bits per heavy atom. The van der Waals surface area contributed by atoms with E-state index in [9.17, 15) is 22.8 Å². The molecule has 0 bridgehead atoms. The minimum atomic E-state index is -3.71. The molecule has 34 heavy (non-hydrogen) atoms. The lowest BCUT2D eigenvalue weighted by Gasteiger charge is -2.29. The third-order valence-corrected chi connectivity index (χ3v) is 8.52. The molecule has 3 aliphatic heterocycles. The number of amides is 2. The molecule has 2 amide bonds. The van der Waals surface area contributed by atoms with Crippen LogP contribution in [0.3, 0.4) is 0 Å². The van der Waals surface area contributed by atoms with Gasteiger partial charge < -0.3 is 9.64 Å². The molecule has 4 atom stereocenters. The molecule has 1 aromatic rings. The van der Waals surface area contributed by atoms with Crippen molar-refractivity contribution >= 4 is 27.8 Å². The zero-order valence-corrected chi connectivity index (χ0v) is 21.0. The fourth-order valence-corrected chi connectivity index (χ4v) is 7.01. The van der Waals surface area contributed by atoms with E-state index in [-0.39, 0.29) is 23.8 Å². The van der Waals surface area contributed by atoms with E-state index >= 15 is 0 Å². The number of hydrogen-bond donors (Lipinski definition) is 0. The molecule has 0 saturated carbocycles. The van der Waals surface area contributed by atoms with Gasteiger partial charge in [-0.15, -0.1) is 0 Å². The Balaban J connectivity index is 1.51. The first kappa shape index (κ1) is 24.7. The molecule has 3 saturated heterocycles. The Morgan fingerprint density at radius 1 is 1.12 bits per heavy atom. The fraction of sp³-hybridized carbons (Fsp3) is 0.625. The molecule has 9 nitrogen and oxygen atoms in total. The summed E-state index contributed by atoms with van der Waals surface area (Å²) in [6.45, 7) is 5.60. The number of rotatable bonds is 6. The zero-order chi connectivity index (χ0) is 24.8. The Labute approximate surface area is 201 Å². The highest BCUT2D eigenvalue weighted by molar-refractivity contribution is 7.88. The van der Waals surface area contributed by atoms with Crippen LogP contribution in [0.25, 0.3) is 0 Å². The first-order valence-corrected chi connectivity index (χ1v) is 13.6. The number of likely N-dealkylation sites (tertiary alicyclic amines) is 2. The van der Waals surface area contributed by atoms with E-state index < -0.39 is 33.9 Å². The van der Waals surface area contributed by atoms with Crippen molar-refractivity contribution in [3.8, 4) is 0 Å². The molecular weight excluding hydrogens is 458 g/mol. The van der Waals surface area contributed by atoms with Crippen molar-refractivity contribution in [2.24, 2.45) is 11.8 Å². The van der Waals surface area contributed by atoms with Gasteiger partial charge in [-0.3, -0.25) is 19.3 Å². The average molecular weight is 492 g/mol. The smallest absolute Gasteiger partial charge is 0.323 e. The summed E-state index contributed by atoms with van der Waals surface area (Å²) in [5.74, 6) is -1.46. The van der Waals surface area contributed by atoms with Gasteiger partial charge in [-0.25, -0.2) is 12.7 Å². The summed E-state index contributed by atoms with van der Waals surface area (Å²) in [4.78, 5) is 42.2. The van der Waals surface area contributed by atoms with Crippen LogP contribution in [0.1, 0.15) is 49.0 Å². The first-order chi connectivity index (χ1) is 16.0. The number of fused-ring (bicyclic) bond motifs is 1. The van der Waals surface area contributed by atoms with Gasteiger partial charge in [0.1, 0.15) is 6.04 Å². The lowest BCUT2D eigenvalue weighted by Crippen LogP contribution is -2.44. The third kappa shape index (κ3) is 4.33. The lowest BCUT2D eigenvalue weighted by atomic mass is 9.88. The quantitative estimate of drug-likeness (QED) is 0.555. The topological polar surface area (TPSA) is 104 Å². The minimum absolute atomic E-state index is 0.0919. The van der Waals surface area contributed by atoms with E-state index in [4.69, 9.17) is 4.74 Å². The number of ether oxygens (including phenoxy) is 1. The van der Waals surface area contributed by atoms with Gasteiger partial charge in [0.25, 0.3) is 5.91 Å². The highest BCUT2D eigenvalue weighted by Gasteiger charge is 2.58. The third-order valence-electron chi connectivity index (χ3n) is 7.35. The first-order valence-electron chi connectivity index (χ1n) is 11.8. The largest absolute Gasteiger partial charge is 0.468 e. The van der Waals surface area contributed by atoms with Crippen LogP contribution < -0.4 is 0 Å². The lowest BCUT2D eigenvalue weighted by molar-refractivity contribution is -0.146. The average Bonchev–Trinajstić information content (AvgIpc) is 3.46. The molecule has 10 heteroatoms. The summed E-state index contributed by atoms with van der Waals surface area (Å²) >= 11 is 0. The molecule has 0 aromatic heterocycles. The second-order valence-corrected chi connectivity index (χ2v) is 11.7. The van der Waals surface area contributed by atoms with E-state index in [0.717, 1.165) is 35.5 Å². The van der Waals surface area contributed by atoms with Gasteiger partial charge in [0.15, 0.2) is 0 Å². The maximum absolute atomic E-state index is 13.4. The van der Waals surface area contributed by atoms with Crippen LogP contribution in [0.15, 0.2) is 24.3 Å². The van der Waals surface area contributed by atoms with Gasteiger partial charge in [-0.05, 0) is 49.4 Å². The molecule has 3 fully saturated rings. The molecule has 1 aromatic carbocycles. The number of esters is 1. The monoisotopic (exact) mass is 491 g/mol. The van der Waals surface area contributed by atoms with Gasteiger partial charge in [0, 0.05) is 18.7 Å². The molecule has 4 rings (SSSR count). The van der Waals surface area contributed by atoms with E-state index in [1.165, 1.54) is 7.11 Å².